The molecule has 0 N–H and O–H groups in total. The Hall–Kier alpha value is -2.29. The minimum Gasteiger partial charge on any atom is -0.494 e. The monoisotopic (exact) mass is 277 g/mol. The summed E-state index contributed by atoms with van der Waals surface area (Å²) in [6.07, 6.45) is 3.07. The average molecular weight is 277 g/mol. The van der Waals surface area contributed by atoms with Crippen LogP contribution >= 0.6 is 0 Å². The number of aromatic nitrogens is 6. The van der Waals surface area contributed by atoms with Gasteiger partial charge in [-0.15, -0.1) is 10.2 Å². The average Bonchev–Trinajstić information content (AvgIpc) is 2.94. The number of nitrogens with zero attached hydrogens (tertiary/aromatic N) is 7. The number of aryl methyl sites for hydroxylation is 1. The number of hydrogen-bond donors (Lipinski definition) is 0. The Balaban J connectivity index is 1.74. The van der Waals surface area contributed by atoms with Crippen molar-refractivity contribution >= 4 is 5.95 Å². The lowest BCUT2D eigenvalue weighted by Gasteiger charge is -2.31. The molecule has 1 fully saturated rings. The van der Waals surface area contributed by atoms with Crippen LogP contribution in [-0.2, 0) is 11.8 Å². The van der Waals surface area contributed by atoms with Crippen molar-refractivity contribution in [1.29, 1.82) is 0 Å². The highest BCUT2D eigenvalue weighted by Gasteiger charge is 2.26. The van der Waals surface area contributed by atoms with Gasteiger partial charge in [-0.25, -0.2) is 9.97 Å². The van der Waals surface area contributed by atoms with E-state index in [1.807, 2.05) is 4.90 Å². The molecule has 9 nitrogen and oxygen atoms in total. The zero-order valence-corrected chi connectivity index (χ0v) is 11.3. The minimum absolute atomic E-state index is 0.219. The summed E-state index contributed by atoms with van der Waals surface area (Å²) in [5, 5.41) is 12.0. The van der Waals surface area contributed by atoms with E-state index in [0.717, 1.165) is 6.54 Å². The Morgan fingerprint density at radius 2 is 2.15 bits per heavy atom. The van der Waals surface area contributed by atoms with Crippen molar-refractivity contribution in [3.8, 4) is 5.75 Å². The molecule has 2 aromatic heterocycles. The fourth-order valence-corrected chi connectivity index (χ4v) is 1.99. The van der Waals surface area contributed by atoms with Gasteiger partial charge in [0.15, 0.2) is 5.75 Å². The summed E-state index contributed by atoms with van der Waals surface area (Å²) in [6.45, 7) is 1.89. The molecule has 0 aromatic carbocycles. The van der Waals surface area contributed by atoms with Gasteiger partial charge in [0.2, 0.25) is 11.8 Å². The van der Waals surface area contributed by atoms with Crippen molar-refractivity contribution in [3.63, 3.8) is 0 Å². The van der Waals surface area contributed by atoms with Gasteiger partial charge in [0.1, 0.15) is 6.10 Å². The molecule has 0 aliphatic carbocycles. The minimum atomic E-state index is -0.219. The van der Waals surface area contributed by atoms with E-state index >= 15 is 0 Å². The summed E-state index contributed by atoms with van der Waals surface area (Å²) in [6, 6.07) is 0. The normalized spacial score (nSPS) is 19.1. The van der Waals surface area contributed by atoms with Gasteiger partial charge < -0.3 is 14.4 Å². The maximum absolute atomic E-state index is 5.67. The van der Waals surface area contributed by atoms with E-state index in [9.17, 15) is 0 Å². The maximum atomic E-state index is 5.67. The number of hydrogen-bond acceptors (Lipinski definition) is 8. The molecule has 2 aromatic rings. The van der Waals surface area contributed by atoms with Crippen molar-refractivity contribution in [1.82, 2.24) is 30.2 Å². The van der Waals surface area contributed by atoms with E-state index in [1.54, 1.807) is 26.6 Å². The first kappa shape index (κ1) is 12.7. The number of anilines is 1. The van der Waals surface area contributed by atoms with Crippen molar-refractivity contribution in [3.05, 3.63) is 18.2 Å². The summed E-state index contributed by atoms with van der Waals surface area (Å²) in [5.41, 5.74) is 0. The van der Waals surface area contributed by atoms with Gasteiger partial charge >= 0.3 is 0 Å². The summed E-state index contributed by atoms with van der Waals surface area (Å²) in [7, 11) is 3.31. The van der Waals surface area contributed by atoms with E-state index in [2.05, 4.69) is 25.4 Å². The van der Waals surface area contributed by atoms with Gasteiger partial charge in [-0.1, -0.05) is 0 Å². The van der Waals surface area contributed by atoms with Gasteiger partial charge in [-0.05, 0) is 5.21 Å². The lowest BCUT2D eigenvalue weighted by atomic mass is 10.2. The van der Waals surface area contributed by atoms with Gasteiger partial charge in [0, 0.05) is 6.54 Å². The molecule has 20 heavy (non-hydrogen) atoms. The zero-order valence-electron chi connectivity index (χ0n) is 11.3. The second-order valence-electron chi connectivity index (χ2n) is 4.37. The molecule has 1 unspecified atom stereocenters. The highest BCUT2D eigenvalue weighted by molar-refractivity contribution is 5.32. The van der Waals surface area contributed by atoms with Gasteiger partial charge in [-0.2, -0.15) is 4.80 Å². The fourth-order valence-electron chi connectivity index (χ4n) is 1.99. The Labute approximate surface area is 115 Å². The quantitative estimate of drug-likeness (QED) is 0.747. The SMILES string of the molecule is COc1cnc(N2CCOC(c3nnn(C)n3)C2)nc1. The standard InChI is InChI=1S/C11H15N7O2/c1-17-15-10(14-16-17)9-7-18(3-4-20-9)11-12-5-8(19-2)6-13-11/h5-6,9H,3-4,7H2,1-2H3. The predicted octanol–water partition coefficient (Wildman–Crippen LogP) is -0.413. The van der Waals surface area contributed by atoms with E-state index in [-0.39, 0.29) is 6.10 Å². The number of morpholine rings is 1. The second-order valence-corrected chi connectivity index (χ2v) is 4.37. The third-order valence-corrected chi connectivity index (χ3v) is 3.01. The van der Waals surface area contributed by atoms with Crippen LogP contribution in [0.5, 0.6) is 5.75 Å². The number of rotatable bonds is 3. The molecule has 0 saturated carbocycles. The lowest BCUT2D eigenvalue weighted by molar-refractivity contribution is 0.0333. The first-order valence-electron chi connectivity index (χ1n) is 6.23. The predicted molar refractivity (Wildman–Crippen MR) is 68.3 cm³/mol. The summed E-state index contributed by atoms with van der Waals surface area (Å²) in [4.78, 5) is 12.0. The maximum Gasteiger partial charge on any atom is 0.225 e. The van der Waals surface area contributed by atoms with Crippen molar-refractivity contribution in [2.45, 2.75) is 6.10 Å². The van der Waals surface area contributed by atoms with Gasteiger partial charge in [0.05, 0.1) is 39.7 Å². The molecule has 106 valence electrons. The van der Waals surface area contributed by atoms with E-state index in [0.29, 0.717) is 30.7 Å². The first-order chi connectivity index (χ1) is 9.76. The third-order valence-electron chi connectivity index (χ3n) is 3.01. The van der Waals surface area contributed by atoms with Crippen LogP contribution in [-0.4, -0.2) is 57.0 Å². The number of tetrazole rings is 1. The molecule has 1 saturated heterocycles. The van der Waals surface area contributed by atoms with Crippen LogP contribution in [0.15, 0.2) is 12.4 Å². The van der Waals surface area contributed by atoms with Crippen LogP contribution in [0.1, 0.15) is 11.9 Å². The fraction of sp³-hybridized carbons (Fsp3) is 0.545. The van der Waals surface area contributed by atoms with E-state index in [4.69, 9.17) is 9.47 Å². The van der Waals surface area contributed by atoms with Crippen molar-refractivity contribution in [2.75, 3.05) is 31.7 Å². The molecule has 9 heteroatoms. The molecule has 0 spiro atoms. The van der Waals surface area contributed by atoms with Crippen LogP contribution in [0.2, 0.25) is 0 Å². The van der Waals surface area contributed by atoms with Crippen LogP contribution in [0.3, 0.4) is 0 Å². The molecule has 3 heterocycles. The molecular formula is C11H15N7O2. The third kappa shape index (κ3) is 2.52. The van der Waals surface area contributed by atoms with Gasteiger partial charge in [-0.3, -0.25) is 0 Å². The Bertz CT molecular complexity index is 570. The van der Waals surface area contributed by atoms with Crippen LogP contribution in [0.4, 0.5) is 5.95 Å². The molecule has 1 aliphatic rings. The smallest absolute Gasteiger partial charge is 0.225 e. The second kappa shape index (κ2) is 5.37. The first-order valence-corrected chi connectivity index (χ1v) is 6.23. The van der Waals surface area contributed by atoms with Crippen LogP contribution in [0.25, 0.3) is 0 Å². The number of ether oxygens (including phenoxy) is 2. The Morgan fingerprint density at radius 1 is 1.35 bits per heavy atom. The summed E-state index contributed by atoms with van der Waals surface area (Å²) in [5.74, 6) is 1.85. The highest BCUT2D eigenvalue weighted by Crippen LogP contribution is 2.21. The van der Waals surface area contributed by atoms with Crippen LogP contribution in [0, 0.1) is 0 Å². The molecule has 1 atom stereocenters. The molecule has 0 amide bonds. The molecule has 3 rings (SSSR count). The van der Waals surface area contributed by atoms with Crippen LogP contribution < -0.4 is 9.64 Å². The summed E-state index contributed by atoms with van der Waals surface area (Å²) >= 11 is 0. The highest BCUT2D eigenvalue weighted by atomic mass is 16.5. The molecule has 0 radical (unpaired) electrons. The lowest BCUT2D eigenvalue weighted by Crippen LogP contribution is -2.39. The molecular weight excluding hydrogens is 262 g/mol. The largest absolute Gasteiger partial charge is 0.494 e. The van der Waals surface area contributed by atoms with E-state index < -0.39 is 0 Å². The Kier molecular flexibility index (Phi) is 3.42. The van der Waals surface area contributed by atoms with Crippen molar-refractivity contribution in [2.24, 2.45) is 7.05 Å². The van der Waals surface area contributed by atoms with Crippen molar-refractivity contribution < 1.29 is 9.47 Å². The molecule has 0 bridgehead atoms. The zero-order chi connectivity index (χ0) is 13.9. The summed E-state index contributed by atoms with van der Waals surface area (Å²) < 4.78 is 10.7. The van der Waals surface area contributed by atoms with E-state index in [1.165, 1.54) is 4.80 Å². The van der Waals surface area contributed by atoms with Gasteiger partial charge in [0.25, 0.3) is 0 Å². The Morgan fingerprint density at radius 3 is 2.80 bits per heavy atom. The topological polar surface area (TPSA) is 91.1 Å². The molecule has 1 aliphatic heterocycles. The number of methoxy groups -OCH3 is 1.